The number of hydrogen-bond donors (Lipinski definition) is 1. The van der Waals surface area contributed by atoms with Crippen molar-refractivity contribution in [1.82, 2.24) is 9.55 Å². The van der Waals surface area contributed by atoms with Gasteiger partial charge in [-0.05, 0) is 30.3 Å². The Labute approximate surface area is 153 Å². The molecule has 0 spiro atoms. The number of aryl methyl sites for hydroxylation is 1. The van der Waals surface area contributed by atoms with Gasteiger partial charge < -0.3 is 5.32 Å². The lowest BCUT2D eigenvalue weighted by atomic mass is 10.2. The molecule has 1 aromatic heterocycles. The van der Waals surface area contributed by atoms with E-state index in [1.807, 2.05) is 0 Å². The van der Waals surface area contributed by atoms with Crippen molar-refractivity contribution >= 4 is 38.4 Å². The second-order valence-corrected chi connectivity index (χ2v) is 6.34. The maximum Gasteiger partial charge on any atom is 0.261 e. The third kappa shape index (κ3) is 3.62. The van der Waals surface area contributed by atoms with Crippen LogP contribution in [0.25, 0.3) is 10.9 Å². The number of carbonyl (C=O) groups excluding carboxylic acids is 1. The lowest BCUT2D eigenvalue weighted by molar-refractivity contribution is -0.116. The summed E-state index contributed by atoms with van der Waals surface area (Å²) in [5.41, 5.74) is -0.285. The zero-order valence-electron chi connectivity index (χ0n) is 13.1. The van der Waals surface area contributed by atoms with Crippen LogP contribution in [0, 0.1) is 17.5 Å². The van der Waals surface area contributed by atoms with Crippen LogP contribution >= 0.6 is 15.9 Å². The molecule has 5 nitrogen and oxygen atoms in total. The fourth-order valence-electron chi connectivity index (χ4n) is 2.35. The molecule has 0 saturated heterocycles. The largest absolute Gasteiger partial charge is 0.323 e. The molecule has 0 aliphatic heterocycles. The van der Waals surface area contributed by atoms with Crippen molar-refractivity contribution in [2.45, 2.75) is 13.0 Å². The summed E-state index contributed by atoms with van der Waals surface area (Å²) in [6, 6.07) is 6.70. The number of carbonyl (C=O) groups is 1. The monoisotopic (exact) mass is 425 g/mol. The first-order valence-corrected chi connectivity index (χ1v) is 8.24. The molecule has 1 N–H and O–H groups in total. The normalized spacial score (nSPS) is 10.9. The first-order chi connectivity index (χ1) is 12.4. The molecule has 0 bridgehead atoms. The smallest absolute Gasteiger partial charge is 0.261 e. The van der Waals surface area contributed by atoms with Crippen molar-refractivity contribution in [2.75, 3.05) is 5.32 Å². The van der Waals surface area contributed by atoms with Crippen molar-refractivity contribution in [2.24, 2.45) is 0 Å². The molecule has 0 radical (unpaired) electrons. The van der Waals surface area contributed by atoms with Crippen LogP contribution in [0.5, 0.6) is 0 Å². The Balaban J connectivity index is 1.74. The van der Waals surface area contributed by atoms with Gasteiger partial charge in [0.05, 0.1) is 22.9 Å². The molecule has 0 saturated carbocycles. The Bertz CT molecular complexity index is 1070. The van der Waals surface area contributed by atoms with Crippen LogP contribution in [-0.2, 0) is 11.3 Å². The number of nitrogens with one attached hydrogen (secondary N) is 1. The molecule has 1 amide bonds. The van der Waals surface area contributed by atoms with Crippen LogP contribution in [0.1, 0.15) is 6.42 Å². The SMILES string of the molecule is O=C(CCn1cnc2ccc(Br)cc2c1=O)Nc1ccc(F)c(F)c1F. The lowest BCUT2D eigenvalue weighted by Crippen LogP contribution is -2.24. The number of rotatable bonds is 4. The van der Waals surface area contributed by atoms with Crippen LogP contribution in [0.3, 0.4) is 0 Å². The molecule has 0 aliphatic rings. The van der Waals surface area contributed by atoms with Crippen LogP contribution in [0.15, 0.2) is 45.9 Å². The van der Waals surface area contributed by atoms with Gasteiger partial charge in [0.1, 0.15) is 0 Å². The quantitative estimate of drug-likeness (QED) is 0.649. The average Bonchev–Trinajstić information content (AvgIpc) is 2.62. The van der Waals surface area contributed by atoms with E-state index in [0.29, 0.717) is 21.4 Å². The first-order valence-electron chi connectivity index (χ1n) is 7.45. The summed E-state index contributed by atoms with van der Waals surface area (Å²) < 4.78 is 41.6. The van der Waals surface area contributed by atoms with Crippen LogP contribution in [0.2, 0.25) is 0 Å². The van der Waals surface area contributed by atoms with E-state index in [1.54, 1.807) is 18.2 Å². The van der Waals surface area contributed by atoms with E-state index in [4.69, 9.17) is 0 Å². The summed E-state index contributed by atoms with van der Waals surface area (Å²) >= 11 is 3.28. The maximum absolute atomic E-state index is 13.6. The van der Waals surface area contributed by atoms with Crippen LogP contribution in [0.4, 0.5) is 18.9 Å². The van der Waals surface area contributed by atoms with Crippen molar-refractivity contribution in [1.29, 1.82) is 0 Å². The van der Waals surface area contributed by atoms with Gasteiger partial charge in [-0.3, -0.25) is 14.2 Å². The van der Waals surface area contributed by atoms with Gasteiger partial charge >= 0.3 is 0 Å². The van der Waals surface area contributed by atoms with Gasteiger partial charge in [0.15, 0.2) is 17.5 Å². The minimum absolute atomic E-state index is 0.00852. The fraction of sp³-hybridized carbons (Fsp3) is 0.118. The maximum atomic E-state index is 13.6. The third-order valence-corrected chi connectivity index (χ3v) is 4.17. The Morgan fingerprint density at radius 1 is 1.15 bits per heavy atom. The molecule has 1 heterocycles. The Hall–Kier alpha value is -2.68. The van der Waals surface area contributed by atoms with E-state index in [-0.39, 0.29) is 18.5 Å². The predicted octanol–water partition coefficient (Wildman–Crippen LogP) is 3.61. The van der Waals surface area contributed by atoms with Gasteiger partial charge in [-0.2, -0.15) is 0 Å². The number of amides is 1. The summed E-state index contributed by atoms with van der Waals surface area (Å²) in [4.78, 5) is 28.5. The summed E-state index contributed by atoms with van der Waals surface area (Å²) in [5.74, 6) is -5.15. The van der Waals surface area contributed by atoms with Crippen molar-refractivity contribution in [3.63, 3.8) is 0 Å². The highest BCUT2D eigenvalue weighted by Crippen LogP contribution is 2.20. The Morgan fingerprint density at radius 2 is 1.92 bits per heavy atom. The fourth-order valence-corrected chi connectivity index (χ4v) is 2.71. The molecule has 26 heavy (non-hydrogen) atoms. The molecule has 3 aromatic rings. The van der Waals surface area contributed by atoms with Crippen LogP contribution in [-0.4, -0.2) is 15.5 Å². The number of fused-ring (bicyclic) bond motifs is 1. The lowest BCUT2D eigenvalue weighted by Gasteiger charge is -2.09. The number of hydrogen-bond acceptors (Lipinski definition) is 3. The number of nitrogens with zero attached hydrogens (tertiary/aromatic N) is 2. The molecule has 0 unspecified atom stereocenters. The molecule has 0 atom stereocenters. The van der Waals surface area contributed by atoms with Gasteiger partial charge in [0, 0.05) is 17.4 Å². The second-order valence-electron chi connectivity index (χ2n) is 5.43. The number of aromatic nitrogens is 2. The zero-order chi connectivity index (χ0) is 18.8. The molecule has 3 rings (SSSR count). The minimum atomic E-state index is -1.66. The zero-order valence-corrected chi connectivity index (χ0v) is 14.7. The van der Waals surface area contributed by atoms with E-state index in [9.17, 15) is 22.8 Å². The van der Waals surface area contributed by atoms with E-state index >= 15 is 0 Å². The third-order valence-electron chi connectivity index (χ3n) is 3.68. The van der Waals surface area contributed by atoms with Gasteiger partial charge in [0.2, 0.25) is 5.91 Å². The summed E-state index contributed by atoms with van der Waals surface area (Å²) in [7, 11) is 0. The predicted molar refractivity (Wildman–Crippen MR) is 93.3 cm³/mol. The van der Waals surface area contributed by atoms with Crippen molar-refractivity contribution in [3.8, 4) is 0 Å². The molecular weight excluding hydrogens is 415 g/mol. The Kier molecular flexibility index (Phi) is 5.08. The molecule has 2 aromatic carbocycles. The first kappa shape index (κ1) is 18.1. The van der Waals surface area contributed by atoms with Gasteiger partial charge in [-0.15, -0.1) is 0 Å². The highest BCUT2D eigenvalue weighted by Gasteiger charge is 2.15. The van der Waals surface area contributed by atoms with Gasteiger partial charge in [-0.25, -0.2) is 18.2 Å². The number of anilines is 1. The molecular formula is C17H11BrF3N3O2. The summed E-state index contributed by atoms with van der Waals surface area (Å²) in [6.45, 7) is -0.00852. The van der Waals surface area contributed by atoms with E-state index in [1.165, 1.54) is 10.9 Å². The summed E-state index contributed by atoms with van der Waals surface area (Å²) in [5, 5.41) is 2.53. The topological polar surface area (TPSA) is 64.0 Å². The van der Waals surface area contributed by atoms with E-state index in [0.717, 1.165) is 6.07 Å². The standard InChI is InChI=1S/C17H11BrF3N3O2/c18-9-1-3-12-10(7-9)17(26)24(8-22-12)6-5-14(25)23-13-4-2-11(19)15(20)16(13)21/h1-4,7-8H,5-6H2,(H,23,25). The average molecular weight is 426 g/mol. The highest BCUT2D eigenvalue weighted by atomic mass is 79.9. The summed E-state index contributed by atoms with van der Waals surface area (Å²) in [6.07, 6.45) is 1.13. The number of halogens is 4. The minimum Gasteiger partial charge on any atom is -0.323 e. The molecule has 0 fully saturated rings. The van der Waals surface area contributed by atoms with E-state index < -0.39 is 29.0 Å². The highest BCUT2D eigenvalue weighted by molar-refractivity contribution is 9.10. The second kappa shape index (κ2) is 7.28. The van der Waals surface area contributed by atoms with Gasteiger partial charge in [0.25, 0.3) is 5.56 Å². The van der Waals surface area contributed by atoms with Crippen molar-refractivity contribution < 1.29 is 18.0 Å². The number of benzene rings is 2. The molecule has 0 aliphatic carbocycles. The Morgan fingerprint density at radius 3 is 2.69 bits per heavy atom. The molecule has 134 valence electrons. The van der Waals surface area contributed by atoms with Crippen molar-refractivity contribution in [3.05, 3.63) is 68.9 Å². The van der Waals surface area contributed by atoms with Gasteiger partial charge in [-0.1, -0.05) is 15.9 Å². The van der Waals surface area contributed by atoms with E-state index in [2.05, 4.69) is 26.2 Å². The molecule has 9 heteroatoms. The van der Waals surface area contributed by atoms with Crippen LogP contribution < -0.4 is 10.9 Å².